The number of aromatic amines is 1. The number of carboxylic acid groups (broad SMARTS) is 1. The summed E-state index contributed by atoms with van der Waals surface area (Å²) in [6, 6.07) is 23.5. The van der Waals surface area contributed by atoms with Crippen LogP contribution < -0.4 is 10.1 Å². The van der Waals surface area contributed by atoms with Crippen LogP contribution in [0.4, 0.5) is 0 Å². The van der Waals surface area contributed by atoms with Gasteiger partial charge >= 0.3 is 5.97 Å². The average Bonchev–Trinajstić information content (AvgIpc) is 3.36. The van der Waals surface area contributed by atoms with Gasteiger partial charge in [-0.2, -0.15) is 0 Å². The summed E-state index contributed by atoms with van der Waals surface area (Å²) in [6.45, 7) is 6.74. The predicted octanol–water partition coefficient (Wildman–Crippen LogP) is 4.76. The highest BCUT2D eigenvalue weighted by molar-refractivity contribution is 5.87. The van der Waals surface area contributed by atoms with Crippen LogP contribution in [0, 0.1) is 0 Å². The molecule has 7 nitrogen and oxygen atoms in total. The standard InChI is InChI=1S/C22H28N2O3.C7H6O2/c1-22(2,3)24-13-15(25)14-27-20-10-5-4-7-18(20)21(26)17-8-6-9-19-16(17)11-12-23-19;8-7(9)6-4-2-1-3-5-6/h4-12,15,21,23-26H,13-14H2,1-3H3;1-5H,(H,8,9)/t15-,21+;/m1./s1. The molecule has 7 heteroatoms. The number of fused-ring (bicyclic) bond motifs is 1. The lowest BCUT2D eigenvalue weighted by molar-refractivity contribution is 0.0697. The predicted molar refractivity (Wildman–Crippen MR) is 141 cm³/mol. The fraction of sp³-hybridized carbons (Fsp3) is 0.276. The average molecular weight is 491 g/mol. The van der Waals surface area contributed by atoms with Gasteiger partial charge in [-0.15, -0.1) is 0 Å². The molecule has 0 aliphatic carbocycles. The van der Waals surface area contributed by atoms with Crippen molar-refractivity contribution in [1.82, 2.24) is 10.3 Å². The number of nitrogens with one attached hydrogen (secondary N) is 2. The quantitative estimate of drug-likeness (QED) is 0.243. The summed E-state index contributed by atoms with van der Waals surface area (Å²) in [7, 11) is 0. The second-order valence-corrected chi connectivity index (χ2v) is 9.49. The van der Waals surface area contributed by atoms with Crippen molar-refractivity contribution in [3.05, 3.63) is 102 Å². The first-order valence-electron chi connectivity index (χ1n) is 11.8. The molecule has 1 heterocycles. The zero-order chi connectivity index (χ0) is 26.1. The van der Waals surface area contributed by atoms with Crippen LogP contribution in [-0.2, 0) is 0 Å². The van der Waals surface area contributed by atoms with Crippen LogP contribution in [0.1, 0.15) is 48.4 Å². The van der Waals surface area contributed by atoms with Crippen LogP contribution in [0.5, 0.6) is 5.75 Å². The van der Waals surface area contributed by atoms with Crippen molar-refractivity contribution in [1.29, 1.82) is 0 Å². The number of aliphatic hydroxyl groups excluding tert-OH is 2. The van der Waals surface area contributed by atoms with E-state index in [0.717, 1.165) is 16.5 Å². The van der Waals surface area contributed by atoms with Crippen molar-refractivity contribution in [2.45, 2.75) is 38.5 Å². The number of β-amino-alcohol motifs (C(OH)–C–C–N with tert-alkyl or cyclic N) is 1. The number of aromatic carboxylic acids is 1. The number of aliphatic hydroxyl groups is 2. The van der Waals surface area contributed by atoms with E-state index in [1.165, 1.54) is 0 Å². The first-order chi connectivity index (χ1) is 17.2. The molecule has 0 spiro atoms. The normalized spacial score (nSPS) is 12.9. The zero-order valence-corrected chi connectivity index (χ0v) is 20.8. The third-order valence-electron chi connectivity index (χ3n) is 5.46. The van der Waals surface area contributed by atoms with Crippen LogP contribution in [0.15, 0.2) is 85.1 Å². The molecule has 2 atom stereocenters. The molecule has 1 aromatic heterocycles. The zero-order valence-electron chi connectivity index (χ0n) is 20.8. The van der Waals surface area contributed by atoms with E-state index in [1.54, 1.807) is 30.3 Å². The Morgan fingerprint density at radius 1 is 0.917 bits per heavy atom. The first kappa shape index (κ1) is 26.9. The molecular formula is C29H34N2O5. The van der Waals surface area contributed by atoms with Gasteiger partial charge in [-0.3, -0.25) is 0 Å². The molecule has 3 aromatic carbocycles. The van der Waals surface area contributed by atoms with Gasteiger partial charge in [0.2, 0.25) is 0 Å². The Morgan fingerprint density at radius 2 is 1.58 bits per heavy atom. The molecule has 0 aliphatic rings. The van der Waals surface area contributed by atoms with E-state index < -0.39 is 18.2 Å². The largest absolute Gasteiger partial charge is 0.490 e. The molecule has 0 saturated heterocycles. The van der Waals surface area contributed by atoms with E-state index in [4.69, 9.17) is 9.84 Å². The maximum absolute atomic E-state index is 11.0. The molecule has 36 heavy (non-hydrogen) atoms. The second kappa shape index (κ2) is 12.4. The molecule has 0 amide bonds. The summed E-state index contributed by atoms with van der Waals surface area (Å²) in [6.07, 6.45) is 0.412. The smallest absolute Gasteiger partial charge is 0.335 e. The summed E-state index contributed by atoms with van der Waals surface area (Å²) < 4.78 is 5.84. The molecular weight excluding hydrogens is 456 g/mol. The number of hydrogen-bond donors (Lipinski definition) is 5. The number of carbonyl (C=O) groups is 1. The van der Waals surface area contributed by atoms with E-state index in [0.29, 0.717) is 23.4 Å². The molecule has 4 rings (SSSR count). The third kappa shape index (κ3) is 7.68. The number of para-hydroxylation sites is 1. The number of aromatic nitrogens is 1. The maximum atomic E-state index is 11.0. The summed E-state index contributed by atoms with van der Waals surface area (Å²) in [5.74, 6) is -0.303. The van der Waals surface area contributed by atoms with Gasteiger partial charge in [0.05, 0.1) is 5.56 Å². The Balaban J connectivity index is 0.000000338. The molecule has 0 radical (unpaired) electrons. The molecule has 5 N–H and O–H groups in total. The third-order valence-corrected chi connectivity index (χ3v) is 5.46. The van der Waals surface area contributed by atoms with Crippen LogP contribution in [0.3, 0.4) is 0 Å². The van der Waals surface area contributed by atoms with Crippen molar-refractivity contribution >= 4 is 16.9 Å². The van der Waals surface area contributed by atoms with Gasteiger partial charge in [0.15, 0.2) is 0 Å². The lowest BCUT2D eigenvalue weighted by Gasteiger charge is -2.23. The fourth-order valence-corrected chi connectivity index (χ4v) is 3.60. The number of benzene rings is 3. The Kier molecular flexibility index (Phi) is 9.25. The Morgan fingerprint density at radius 3 is 2.25 bits per heavy atom. The molecule has 0 fully saturated rings. The number of hydrogen-bond acceptors (Lipinski definition) is 5. The van der Waals surface area contributed by atoms with Crippen molar-refractivity contribution in [3.8, 4) is 5.75 Å². The van der Waals surface area contributed by atoms with Crippen LogP contribution in [-0.4, -0.2) is 51.1 Å². The van der Waals surface area contributed by atoms with E-state index >= 15 is 0 Å². The lowest BCUT2D eigenvalue weighted by Crippen LogP contribution is -2.42. The van der Waals surface area contributed by atoms with Gasteiger partial charge in [0.1, 0.15) is 24.6 Å². The molecule has 0 unspecified atom stereocenters. The second-order valence-electron chi connectivity index (χ2n) is 9.49. The minimum absolute atomic E-state index is 0.0652. The number of carboxylic acids is 1. The maximum Gasteiger partial charge on any atom is 0.335 e. The van der Waals surface area contributed by atoms with Crippen molar-refractivity contribution in [2.75, 3.05) is 13.2 Å². The molecule has 190 valence electrons. The Hall–Kier alpha value is -3.65. The number of ether oxygens (including phenoxy) is 1. The molecule has 0 bridgehead atoms. The Labute approximate surface area is 211 Å². The Bertz CT molecular complexity index is 1250. The highest BCUT2D eigenvalue weighted by Gasteiger charge is 2.19. The van der Waals surface area contributed by atoms with Crippen LogP contribution >= 0.6 is 0 Å². The monoisotopic (exact) mass is 490 g/mol. The fourth-order valence-electron chi connectivity index (χ4n) is 3.60. The number of H-pyrrole nitrogens is 1. The SMILES string of the molecule is CC(C)(C)NC[C@@H](O)COc1ccccc1[C@@H](O)c1cccc2[nH]ccc12.O=C(O)c1ccccc1. The minimum atomic E-state index is -0.879. The van der Waals surface area contributed by atoms with Gasteiger partial charge in [0.25, 0.3) is 0 Å². The topological polar surface area (TPSA) is 115 Å². The molecule has 4 aromatic rings. The van der Waals surface area contributed by atoms with Crippen molar-refractivity contribution < 1.29 is 24.9 Å². The van der Waals surface area contributed by atoms with Gasteiger partial charge < -0.3 is 30.4 Å². The van der Waals surface area contributed by atoms with Crippen LogP contribution in [0.2, 0.25) is 0 Å². The van der Waals surface area contributed by atoms with Crippen molar-refractivity contribution in [2.24, 2.45) is 0 Å². The lowest BCUT2D eigenvalue weighted by atomic mass is 9.98. The molecule has 0 saturated carbocycles. The van der Waals surface area contributed by atoms with Gasteiger partial charge in [-0.05, 0) is 56.7 Å². The van der Waals surface area contributed by atoms with E-state index in [2.05, 4.69) is 10.3 Å². The van der Waals surface area contributed by atoms with Crippen molar-refractivity contribution in [3.63, 3.8) is 0 Å². The van der Waals surface area contributed by atoms with Gasteiger partial charge in [-0.25, -0.2) is 4.79 Å². The summed E-state index contributed by atoms with van der Waals surface area (Å²) >= 11 is 0. The van der Waals surface area contributed by atoms with Gasteiger partial charge in [0, 0.05) is 34.7 Å². The first-order valence-corrected chi connectivity index (χ1v) is 11.8. The summed E-state index contributed by atoms with van der Waals surface area (Å²) in [4.78, 5) is 13.4. The number of rotatable bonds is 8. The summed E-state index contributed by atoms with van der Waals surface area (Å²) in [5, 5.41) is 33.8. The summed E-state index contributed by atoms with van der Waals surface area (Å²) in [5.41, 5.74) is 2.75. The van der Waals surface area contributed by atoms with E-state index in [9.17, 15) is 15.0 Å². The highest BCUT2D eigenvalue weighted by Crippen LogP contribution is 2.33. The van der Waals surface area contributed by atoms with Crippen LogP contribution in [0.25, 0.3) is 10.9 Å². The molecule has 0 aliphatic heterocycles. The van der Waals surface area contributed by atoms with E-state index in [-0.39, 0.29) is 12.1 Å². The van der Waals surface area contributed by atoms with Gasteiger partial charge in [-0.1, -0.05) is 48.5 Å². The highest BCUT2D eigenvalue weighted by atomic mass is 16.5. The minimum Gasteiger partial charge on any atom is -0.490 e. The van der Waals surface area contributed by atoms with E-state index in [1.807, 2.05) is 75.5 Å².